The summed E-state index contributed by atoms with van der Waals surface area (Å²) in [7, 11) is 1.64. The minimum atomic E-state index is -0.195. The van der Waals surface area contributed by atoms with Crippen molar-refractivity contribution in [2.45, 2.75) is 73.3 Å². The maximum absolute atomic E-state index is 12.3. The molecule has 0 aromatic heterocycles. The van der Waals surface area contributed by atoms with Crippen LogP contribution < -0.4 is 5.32 Å². The van der Waals surface area contributed by atoms with Crippen LogP contribution in [-0.4, -0.2) is 23.8 Å². The van der Waals surface area contributed by atoms with Gasteiger partial charge in [0.05, 0.1) is 12.5 Å². The van der Waals surface area contributed by atoms with Crippen LogP contribution in [0, 0.1) is 24.2 Å². The first-order valence-electron chi connectivity index (χ1n) is 11.5. The number of hydrogen-bond donors (Lipinski definition) is 2. The smallest absolute Gasteiger partial charge is 0.231 e. The summed E-state index contributed by atoms with van der Waals surface area (Å²) in [5, 5.41) is 11.3. The number of allylic oxidation sites excluding steroid dienone is 6. The Labute approximate surface area is 194 Å². The Morgan fingerprint density at radius 2 is 2.00 bits per heavy atom. The van der Waals surface area contributed by atoms with E-state index in [1.54, 1.807) is 7.05 Å². The Morgan fingerprint density at radius 1 is 1.28 bits per heavy atom. The highest BCUT2D eigenvalue weighted by Gasteiger charge is 2.28. The Bertz CT molecular complexity index is 1010. The van der Waals surface area contributed by atoms with Crippen LogP contribution in [0.5, 0.6) is 0 Å². The van der Waals surface area contributed by atoms with Gasteiger partial charge in [-0.25, -0.2) is 0 Å². The molecule has 1 fully saturated rings. The van der Waals surface area contributed by atoms with Crippen molar-refractivity contribution in [2.75, 3.05) is 7.05 Å². The van der Waals surface area contributed by atoms with Gasteiger partial charge in [0.15, 0.2) is 5.96 Å². The monoisotopic (exact) mass is 431 g/mol. The molecular weight excluding hydrogens is 394 g/mol. The van der Waals surface area contributed by atoms with E-state index in [4.69, 9.17) is 5.41 Å². The first-order valence-corrected chi connectivity index (χ1v) is 11.5. The van der Waals surface area contributed by atoms with Crippen LogP contribution in [0.4, 0.5) is 0 Å². The molecule has 0 saturated carbocycles. The van der Waals surface area contributed by atoms with E-state index in [0.29, 0.717) is 6.42 Å². The molecule has 170 valence electrons. The molecule has 0 aliphatic carbocycles. The molecule has 1 aliphatic rings. The van der Waals surface area contributed by atoms with Crippen molar-refractivity contribution in [3.8, 4) is 11.8 Å². The Morgan fingerprint density at radius 3 is 2.59 bits per heavy atom. The summed E-state index contributed by atoms with van der Waals surface area (Å²) in [5.41, 5.74) is 8.19. The van der Waals surface area contributed by atoms with Gasteiger partial charge in [-0.05, 0) is 81.0 Å². The number of nitrogens with one attached hydrogen (secondary N) is 2. The van der Waals surface area contributed by atoms with E-state index in [1.165, 1.54) is 27.2 Å². The van der Waals surface area contributed by atoms with Gasteiger partial charge >= 0.3 is 0 Å². The number of carbonyl (C=O) groups excluding carboxylic acids is 1. The zero-order chi connectivity index (χ0) is 23.8. The summed E-state index contributed by atoms with van der Waals surface area (Å²) in [6.07, 6.45) is 7.80. The Kier molecular flexibility index (Phi) is 9.08. The van der Waals surface area contributed by atoms with Crippen molar-refractivity contribution in [3.63, 3.8) is 0 Å². The predicted octanol–water partition coefficient (Wildman–Crippen LogP) is 6.30. The molecule has 1 saturated heterocycles. The molecule has 1 atom stereocenters. The van der Waals surface area contributed by atoms with Gasteiger partial charge in [-0.3, -0.25) is 15.1 Å². The normalized spacial score (nSPS) is 18.1. The summed E-state index contributed by atoms with van der Waals surface area (Å²) in [5.74, 6) is 6.43. The van der Waals surface area contributed by atoms with Crippen molar-refractivity contribution in [2.24, 2.45) is 0 Å². The number of amides is 1. The number of carbonyl (C=O) groups is 1. The molecule has 2 N–H and O–H groups in total. The molecule has 1 aromatic rings. The summed E-state index contributed by atoms with van der Waals surface area (Å²) < 4.78 is 0. The van der Waals surface area contributed by atoms with Crippen LogP contribution in [0.25, 0.3) is 5.57 Å². The van der Waals surface area contributed by atoms with E-state index in [2.05, 4.69) is 82.1 Å². The lowest BCUT2D eigenvalue weighted by atomic mass is 9.89. The average Bonchev–Trinajstić information content (AvgIpc) is 2.76. The molecule has 0 radical (unpaired) electrons. The van der Waals surface area contributed by atoms with Gasteiger partial charge < -0.3 is 5.32 Å². The van der Waals surface area contributed by atoms with Crippen LogP contribution in [0.15, 0.2) is 47.1 Å². The van der Waals surface area contributed by atoms with Gasteiger partial charge in [0.25, 0.3) is 0 Å². The number of hydrogen-bond acceptors (Lipinski definition) is 2. The number of aryl methyl sites for hydroxylation is 1. The maximum Gasteiger partial charge on any atom is 0.231 e. The molecule has 1 unspecified atom stereocenters. The lowest BCUT2D eigenvalue weighted by molar-refractivity contribution is -0.128. The third-order valence-corrected chi connectivity index (χ3v) is 5.97. The van der Waals surface area contributed by atoms with E-state index >= 15 is 0 Å². The summed E-state index contributed by atoms with van der Waals surface area (Å²) in [4.78, 5) is 13.7. The molecule has 0 bridgehead atoms. The van der Waals surface area contributed by atoms with Crippen molar-refractivity contribution in [1.29, 1.82) is 5.41 Å². The largest absolute Gasteiger partial charge is 0.349 e. The van der Waals surface area contributed by atoms with Gasteiger partial charge in [-0.15, -0.1) is 5.92 Å². The average molecular weight is 432 g/mol. The van der Waals surface area contributed by atoms with Crippen LogP contribution in [0.3, 0.4) is 0 Å². The van der Waals surface area contributed by atoms with Crippen LogP contribution in [0.2, 0.25) is 0 Å². The second-order valence-electron chi connectivity index (χ2n) is 8.54. The minimum absolute atomic E-state index is 0.0422. The number of nitrogens with zero attached hydrogens (tertiary/aromatic N) is 1. The van der Waals surface area contributed by atoms with Crippen molar-refractivity contribution in [1.82, 2.24) is 10.2 Å². The standard InChI is InChI=1S/C28H37N3O/c1-8-11-20(5)24(16-22(12-9-2)15-19(4)10-3)25-17-23(14-13-21(25)6)26-18-27(32)31(7)28(29)30-26/h13-17,26H,8,10-11,18H2,1-7H3,(H2,29,30)/b19-15-,22-16-,24-20-. The molecule has 4 nitrogen and oxygen atoms in total. The highest BCUT2D eigenvalue weighted by molar-refractivity contribution is 5.98. The highest BCUT2D eigenvalue weighted by Crippen LogP contribution is 2.31. The predicted molar refractivity (Wildman–Crippen MR) is 135 cm³/mol. The molecule has 1 aliphatic heterocycles. The van der Waals surface area contributed by atoms with Gasteiger partial charge in [0.1, 0.15) is 0 Å². The second-order valence-corrected chi connectivity index (χ2v) is 8.54. The van der Waals surface area contributed by atoms with Crippen LogP contribution in [0.1, 0.15) is 83.0 Å². The van der Waals surface area contributed by atoms with E-state index in [0.717, 1.165) is 36.0 Å². The fourth-order valence-corrected chi connectivity index (χ4v) is 3.82. The second kappa shape index (κ2) is 11.5. The fourth-order valence-electron chi connectivity index (χ4n) is 3.82. The SMILES string of the molecule is CC#CC(/C=C(/C)CC)=C/C(=C(\C)CCC)c1cc(C2CC(=O)N(C)C(=N)N2)ccc1C. The van der Waals surface area contributed by atoms with Gasteiger partial charge in [0.2, 0.25) is 5.91 Å². The summed E-state index contributed by atoms with van der Waals surface area (Å²) >= 11 is 0. The van der Waals surface area contributed by atoms with Crippen molar-refractivity contribution in [3.05, 3.63) is 63.8 Å². The third kappa shape index (κ3) is 6.23. The molecule has 0 spiro atoms. The number of guanidine groups is 1. The quantitative estimate of drug-likeness (QED) is 0.393. The topological polar surface area (TPSA) is 56.2 Å². The fraction of sp³-hybridized carbons (Fsp3) is 0.429. The lowest BCUT2D eigenvalue weighted by Gasteiger charge is -2.31. The number of rotatable bonds is 7. The maximum atomic E-state index is 12.3. The molecule has 1 amide bonds. The van der Waals surface area contributed by atoms with Gasteiger partial charge in [-0.1, -0.05) is 49.5 Å². The number of benzene rings is 1. The first-order chi connectivity index (χ1) is 15.2. The molecule has 1 heterocycles. The van der Waals surface area contributed by atoms with Crippen molar-refractivity contribution >= 4 is 17.4 Å². The lowest BCUT2D eigenvalue weighted by Crippen LogP contribution is -2.49. The zero-order valence-corrected chi connectivity index (χ0v) is 20.6. The zero-order valence-electron chi connectivity index (χ0n) is 20.6. The third-order valence-electron chi connectivity index (χ3n) is 5.97. The summed E-state index contributed by atoms with van der Waals surface area (Å²) in [6, 6.07) is 6.16. The van der Waals surface area contributed by atoms with E-state index < -0.39 is 0 Å². The van der Waals surface area contributed by atoms with Crippen LogP contribution in [-0.2, 0) is 4.79 Å². The highest BCUT2D eigenvalue weighted by atomic mass is 16.2. The van der Waals surface area contributed by atoms with Crippen molar-refractivity contribution < 1.29 is 4.79 Å². The summed E-state index contributed by atoms with van der Waals surface area (Å²) in [6.45, 7) is 12.7. The van der Waals surface area contributed by atoms with Gasteiger partial charge in [0, 0.05) is 12.6 Å². The van der Waals surface area contributed by atoms with Crippen LogP contribution >= 0.6 is 0 Å². The minimum Gasteiger partial charge on any atom is -0.349 e. The molecule has 1 aromatic carbocycles. The Hall–Kier alpha value is -3.06. The first kappa shape index (κ1) is 25.2. The molecule has 4 heteroatoms. The van der Waals surface area contributed by atoms with E-state index in [-0.39, 0.29) is 17.9 Å². The Balaban J connectivity index is 2.62. The molecule has 2 rings (SSSR count). The molecular formula is C28H37N3O. The van der Waals surface area contributed by atoms with Gasteiger partial charge in [-0.2, -0.15) is 0 Å². The van der Waals surface area contributed by atoms with E-state index in [1.807, 2.05) is 6.92 Å². The molecule has 32 heavy (non-hydrogen) atoms. The van der Waals surface area contributed by atoms with E-state index in [9.17, 15) is 4.79 Å².